The Hall–Kier alpha value is -1.71. The third kappa shape index (κ3) is 2.74. The van der Waals surface area contributed by atoms with Crippen LogP contribution in [0.2, 0.25) is 0 Å². The molecule has 3 rings (SSSR count). The number of benzene rings is 2. The quantitative estimate of drug-likeness (QED) is 0.592. The lowest BCUT2D eigenvalue weighted by molar-refractivity contribution is -0.941. The van der Waals surface area contributed by atoms with E-state index in [0.29, 0.717) is 0 Å². The zero-order chi connectivity index (χ0) is 13.5. The molecule has 0 spiro atoms. The van der Waals surface area contributed by atoms with Gasteiger partial charge in [-0.05, 0) is 12.1 Å². The second kappa shape index (κ2) is 5.35. The van der Waals surface area contributed by atoms with Gasteiger partial charge in [0.1, 0.15) is 19.6 Å². The van der Waals surface area contributed by atoms with Crippen molar-refractivity contribution in [3.05, 3.63) is 59.2 Å². The summed E-state index contributed by atoms with van der Waals surface area (Å²) >= 11 is 0. The van der Waals surface area contributed by atoms with E-state index in [9.17, 15) is 10.2 Å². The fourth-order valence-electron chi connectivity index (χ4n) is 2.97. The van der Waals surface area contributed by atoms with Gasteiger partial charge in [-0.25, -0.2) is 0 Å². The number of fused-ring (bicyclic) bond motifs is 1. The predicted octanol–water partition coefficient (Wildman–Crippen LogP) is -0.238. The lowest BCUT2D eigenvalue weighted by Crippen LogP contribution is -3.00. The first-order chi connectivity index (χ1) is 9.06. The number of aromatic hydroxyl groups is 2. The highest BCUT2D eigenvalue weighted by atomic mass is 35.5. The van der Waals surface area contributed by atoms with Gasteiger partial charge in [-0.15, -0.1) is 0 Å². The van der Waals surface area contributed by atoms with Crippen molar-refractivity contribution in [3.8, 4) is 11.5 Å². The minimum Gasteiger partial charge on any atom is -1.00 e. The highest BCUT2D eigenvalue weighted by Crippen LogP contribution is 2.36. The molecule has 0 atom stereocenters. The van der Waals surface area contributed by atoms with Crippen LogP contribution in [-0.4, -0.2) is 21.7 Å². The van der Waals surface area contributed by atoms with Crippen molar-refractivity contribution in [3.63, 3.8) is 0 Å². The Kier molecular flexibility index (Phi) is 3.93. The normalized spacial score (nSPS) is 15.4. The summed E-state index contributed by atoms with van der Waals surface area (Å²) in [6.07, 6.45) is 0. The average Bonchev–Trinajstić information content (AvgIpc) is 2.66. The van der Waals surface area contributed by atoms with E-state index < -0.39 is 0 Å². The first-order valence-electron chi connectivity index (χ1n) is 6.47. The molecule has 3 nitrogen and oxygen atoms in total. The third-order valence-electron chi connectivity index (χ3n) is 3.81. The smallest absolute Gasteiger partial charge is 0.157 e. The van der Waals surface area contributed by atoms with E-state index in [1.165, 1.54) is 5.56 Å². The fourth-order valence-corrected chi connectivity index (χ4v) is 2.97. The number of phenols is 2. The number of hydrogen-bond acceptors (Lipinski definition) is 2. The van der Waals surface area contributed by atoms with Crippen LogP contribution in [0.5, 0.6) is 11.5 Å². The van der Waals surface area contributed by atoms with E-state index in [2.05, 4.69) is 31.3 Å². The standard InChI is InChI=1S/C16H17NO2.ClH/c1-17(9-12-5-3-2-4-6-12)10-13-7-15(18)16(19)8-14(13)11-17;/h2-8H,9-11H2,1H3,(H-,18,19);1H. The Labute approximate surface area is 125 Å². The van der Waals surface area contributed by atoms with Gasteiger partial charge < -0.3 is 27.1 Å². The minimum absolute atomic E-state index is 0. The molecule has 2 aromatic rings. The highest BCUT2D eigenvalue weighted by molar-refractivity contribution is 5.46. The van der Waals surface area contributed by atoms with E-state index in [1.807, 2.05) is 6.07 Å². The molecule has 2 aromatic carbocycles. The maximum Gasteiger partial charge on any atom is 0.157 e. The molecule has 0 fully saturated rings. The van der Waals surface area contributed by atoms with Crippen LogP contribution < -0.4 is 12.4 Å². The SMILES string of the molecule is C[N+]1(Cc2ccccc2)Cc2cc(O)c(O)cc2C1.[Cl-]. The number of hydrogen-bond donors (Lipinski definition) is 2. The topological polar surface area (TPSA) is 40.5 Å². The number of rotatable bonds is 2. The van der Waals surface area contributed by atoms with Crippen LogP contribution >= 0.6 is 0 Å². The summed E-state index contributed by atoms with van der Waals surface area (Å²) in [6, 6.07) is 13.8. The summed E-state index contributed by atoms with van der Waals surface area (Å²) in [7, 11) is 2.21. The van der Waals surface area contributed by atoms with E-state index >= 15 is 0 Å². The molecular formula is C16H18ClNO2. The molecule has 20 heavy (non-hydrogen) atoms. The molecular weight excluding hydrogens is 274 g/mol. The van der Waals surface area contributed by atoms with Gasteiger partial charge >= 0.3 is 0 Å². The lowest BCUT2D eigenvalue weighted by atomic mass is 10.1. The molecule has 0 unspecified atom stereocenters. The van der Waals surface area contributed by atoms with Crippen LogP contribution in [0.4, 0.5) is 0 Å². The number of phenolic OH excluding ortho intramolecular Hbond substituents is 2. The van der Waals surface area contributed by atoms with E-state index in [4.69, 9.17) is 0 Å². The molecule has 2 N–H and O–H groups in total. The Morgan fingerprint density at radius 3 is 1.95 bits per heavy atom. The molecule has 0 bridgehead atoms. The number of quaternary nitrogens is 1. The van der Waals surface area contributed by atoms with Crippen molar-refractivity contribution in [1.29, 1.82) is 0 Å². The van der Waals surface area contributed by atoms with Crippen LogP contribution in [0.3, 0.4) is 0 Å². The monoisotopic (exact) mass is 291 g/mol. The number of halogens is 1. The summed E-state index contributed by atoms with van der Waals surface area (Å²) in [4.78, 5) is 0. The van der Waals surface area contributed by atoms with Gasteiger partial charge in [0.25, 0.3) is 0 Å². The summed E-state index contributed by atoms with van der Waals surface area (Å²) in [6.45, 7) is 2.73. The second-order valence-corrected chi connectivity index (χ2v) is 5.69. The summed E-state index contributed by atoms with van der Waals surface area (Å²) in [5, 5.41) is 19.2. The third-order valence-corrected chi connectivity index (χ3v) is 3.81. The van der Waals surface area contributed by atoms with Gasteiger partial charge in [0, 0.05) is 16.7 Å². The van der Waals surface area contributed by atoms with Gasteiger partial charge in [-0.3, -0.25) is 0 Å². The molecule has 1 heterocycles. The van der Waals surface area contributed by atoms with Gasteiger partial charge in [-0.1, -0.05) is 30.3 Å². The van der Waals surface area contributed by atoms with Gasteiger partial charge in [0.2, 0.25) is 0 Å². The Bertz CT molecular complexity index is 582. The van der Waals surface area contributed by atoms with Gasteiger partial charge in [0.05, 0.1) is 7.05 Å². The van der Waals surface area contributed by atoms with E-state index in [1.54, 1.807) is 12.1 Å². The molecule has 1 aliphatic rings. The zero-order valence-corrected chi connectivity index (χ0v) is 12.1. The fraction of sp³-hybridized carbons (Fsp3) is 0.250. The predicted molar refractivity (Wildman–Crippen MR) is 73.5 cm³/mol. The van der Waals surface area contributed by atoms with Crippen molar-refractivity contribution in [2.24, 2.45) is 0 Å². The van der Waals surface area contributed by atoms with Crippen LogP contribution in [-0.2, 0) is 19.6 Å². The molecule has 0 amide bonds. The molecule has 0 aliphatic carbocycles. The largest absolute Gasteiger partial charge is 1.00 e. The zero-order valence-electron chi connectivity index (χ0n) is 11.4. The van der Waals surface area contributed by atoms with E-state index in [-0.39, 0.29) is 23.9 Å². The van der Waals surface area contributed by atoms with Crippen LogP contribution in [0.1, 0.15) is 16.7 Å². The Balaban J connectivity index is 0.00000147. The molecule has 106 valence electrons. The van der Waals surface area contributed by atoms with Gasteiger partial charge in [0.15, 0.2) is 11.5 Å². The lowest BCUT2D eigenvalue weighted by Gasteiger charge is -2.29. The molecule has 1 aliphatic heterocycles. The molecule has 4 heteroatoms. The van der Waals surface area contributed by atoms with Crippen LogP contribution in [0.25, 0.3) is 0 Å². The first-order valence-corrected chi connectivity index (χ1v) is 6.47. The highest BCUT2D eigenvalue weighted by Gasteiger charge is 2.32. The molecule has 0 saturated heterocycles. The van der Waals surface area contributed by atoms with Crippen molar-refractivity contribution in [2.45, 2.75) is 19.6 Å². The van der Waals surface area contributed by atoms with Crippen molar-refractivity contribution >= 4 is 0 Å². The molecule has 0 aromatic heterocycles. The summed E-state index contributed by atoms with van der Waals surface area (Å²) in [5.74, 6) is -0.0428. The van der Waals surface area contributed by atoms with Crippen molar-refractivity contribution in [2.75, 3.05) is 7.05 Å². The summed E-state index contributed by atoms with van der Waals surface area (Å²) in [5.41, 5.74) is 3.58. The van der Waals surface area contributed by atoms with Crippen molar-refractivity contribution < 1.29 is 27.1 Å². The molecule has 0 radical (unpaired) electrons. The Morgan fingerprint density at radius 2 is 1.45 bits per heavy atom. The minimum atomic E-state index is -0.0214. The van der Waals surface area contributed by atoms with Gasteiger partial charge in [-0.2, -0.15) is 0 Å². The average molecular weight is 292 g/mol. The van der Waals surface area contributed by atoms with Crippen LogP contribution in [0, 0.1) is 0 Å². The first kappa shape index (κ1) is 14.7. The molecule has 0 saturated carbocycles. The van der Waals surface area contributed by atoms with E-state index in [0.717, 1.165) is 35.2 Å². The summed E-state index contributed by atoms with van der Waals surface area (Å²) < 4.78 is 0.877. The second-order valence-electron chi connectivity index (χ2n) is 5.69. The number of nitrogens with zero attached hydrogens (tertiary/aromatic N) is 1. The van der Waals surface area contributed by atoms with Crippen molar-refractivity contribution in [1.82, 2.24) is 0 Å². The van der Waals surface area contributed by atoms with Crippen LogP contribution in [0.15, 0.2) is 42.5 Å². The maximum absolute atomic E-state index is 9.59. The maximum atomic E-state index is 9.59. The Morgan fingerprint density at radius 1 is 0.950 bits per heavy atom.